The number of amides is 1. The molecule has 0 saturated carbocycles. The van der Waals surface area contributed by atoms with E-state index in [1.807, 2.05) is 6.07 Å². The highest BCUT2D eigenvalue weighted by Gasteiger charge is 2.16. The topological polar surface area (TPSA) is 55.8 Å². The number of carbonyl (C=O) groups excluding carboxylic acids is 2. The number of hydrogen-bond acceptors (Lipinski definition) is 5. The van der Waals surface area contributed by atoms with Crippen molar-refractivity contribution in [1.82, 2.24) is 4.90 Å². The van der Waals surface area contributed by atoms with Crippen LogP contribution in [0.3, 0.4) is 0 Å². The second-order valence-electron chi connectivity index (χ2n) is 5.23. The number of halogens is 1. The number of carbonyl (C=O) groups is 2. The Hall–Kier alpha value is -2.41. The molecule has 0 atom stereocenters. The van der Waals surface area contributed by atoms with E-state index in [1.165, 1.54) is 35.5 Å². The summed E-state index contributed by atoms with van der Waals surface area (Å²) in [5.41, 5.74) is 1.43. The maximum atomic E-state index is 13.7. The number of hydrogen-bond donors (Lipinski definition) is 0. The predicted octanol–water partition coefficient (Wildman–Crippen LogP) is 3.02. The number of thiophene rings is 1. The molecule has 0 aliphatic heterocycles. The lowest BCUT2D eigenvalue weighted by Gasteiger charge is -2.17. The molecule has 2 aromatic rings. The Bertz CT molecular complexity index is 744. The number of benzene rings is 1. The molecule has 0 bridgehead atoms. The molecule has 0 aliphatic rings. The van der Waals surface area contributed by atoms with Gasteiger partial charge in [-0.2, -0.15) is 0 Å². The van der Waals surface area contributed by atoms with Gasteiger partial charge in [0.1, 0.15) is 4.88 Å². The van der Waals surface area contributed by atoms with Crippen LogP contribution in [0.2, 0.25) is 0 Å². The first-order valence-electron chi connectivity index (χ1n) is 7.20. The lowest BCUT2D eigenvalue weighted by Crippen LogP contribution is -2.30. The standard InChI is InChI=1S/C17H18FNO4S/c1-11-6-7-24-16(11)17(21)23-10-15(20)19(2)9-12-4-5-14(22-3)13(18)8-12/h4-8H,9-10H2,1-3H3. The minimum Gasteiger partial charge on any atom is -0.494 e. The van der Waals surface area contributed by atoms with Crippen LogP contribution in [0.15, 0.2) is 29.6 Å². The molecule has 1 aromatic heterocycles. The van der Waals surface area contributed by atoms with E-state index in [4.69, 9.17) is 9.47 Å². The molecule has 0 aliphatic carbocycles. The highest BCUT2D eigenvalue weighted by atomic mass is 32.1. The van der Waals surface area contributed by atoms with Gasteiger partial charge in [-0.25, -0.2) is 9.18 Å². The lowest BCUT2D eigenvalue weighted by atomic mass is 10.2. The van der Waals surface area contributed by atoms with E-state index in [1.54, 1.807) is 25.4 Å². The van der Waals surface area contributed by atoms with Crippen LogP contribution in [0.1, 0.15) is 20.8 Å². The van der Waals surface area contributed by atoms with Gasteiger partial charge in [0.15, 0.2) is 18.2 Å². The zero-order valence-electron chi connectivity index (χ0n) is 13.7. The molecule has 0 fully saturated rings. The van der Waals surface area contributed by atoms with Crippen molar-refractivity contribution in [2.75, 3.05) is 20.8 Å². The van der Waals surface area contributed by atoms with Crippen molar-refractivity contribution in [2.24, 2.45) is 0 Å². The number of rotatable bonds is 6. The molecule has 2 rings (SSSR count). The maximum absolute atomic E-state index is 13.7. The van der Waals surface area contributed by atoms with E-state index in [0.717, 1.165) is 5.56 Å². The van der Waals surface area contributed by atoms with Gasteiger partial charge < -0.3 is 14.4 Å². The third kappa shape index (κ3) is 4.32. The van der Waals surface area contributed by atoms with E-state index in [0.29, 0.717) is 10.4 Å². The summed E-state index contributed by atoms with van der Waals surface area (Å²) in [6.07, 6.45) is 0. The average molecular weight is 351 g/mol. The quantitative estimate of drug-likeness (QED) is 0.751. The van der Waals surface area contributed by atoms with Gasteiger partial charge >= 0.3 is 5.97 Å². The van der Waals surface area contributed by atoms with Crippen molar-refractivity contribution >= 4 is 23.2 Å². The van der Waals surface area contributed by atoms with Crippen LogP contribution in [-0.2, 0) is 16.1 Å². The Balaban J connectivity index is 1.89. The van der Waals surface area contributed by atoms with Crippen LogP contribution in [0.25, 0.3) is 0 Å². The smallest absolute Gasteiger partial charge is 0.349 e. The van der Waals surface area contributed by atoms with Gasteiger partial charge in [-0.3, -0.25) is 4.79 Å². The summed E-state index contributed by atoms with van der Waals surface area (Å²) in [6.45, 7) is 1.65. The van der Waals surface area contributed by atoms with Gasteiger partial charge in [0, 0.05) is 13.6 Å². The van der Waals surface area contributed by atoms with Gasteiger partial charge in [0.25, 0.3) is 5.91 Å². The minimum absolute atomic E-state index is 0.146. The molecule has 1 heterocycles. The summed E-state index contributed by atoms with van der Waals surface area (Å²) in [6, 6.07) is 6.30. The van der Waals surface area contributed by atoms with Crippen LogP contribution >= 0.6 is 11.3 Å². The Morgan fingerprint density at radius 3 is 2.62 bits per heavy atom. The van der Waals surface area contributed by atoms with Crippen molar-refractivity contribution in [3.05, 3.63) is 51.5 Å². The zero-order chi connectivity index (χ0) is 17.7. The summed E-state index contributed by atoms with van der Waals surface area (Å²) >= 11 is 1.27. The van der Waals surface area contributed by atoms with Gasteiger partial charge in [-0.05, 0) is 41.6 Å². The lowest BCUT2D eigenvalue weighted by molar-refractivity contribution is -0.133. The molecular formula is C17H18FNO4S. The fourth-order valence-electron chi connectivity index (χ4n) is 2.06. The van der Waals surface area contributed by atoms with E-state index in [-0.39, 0.29) is 24.8 Å². The molecule has 0 spiro atoms. The molecule has 128 valence electrons. The fraction of sp³-hybridized carbons (Fsp3) is 0.294. The number of ether oxygens (including phenoxy) is 2. The molecule has 0 saturated heterocycles. The van der Waals surface area contributed by atoms with Gasteiger partial charge in [-0.15, -0.1) is 11.3 Å². The van der Waals surface area contributed by atoms with Crippen LogP contribution in [0, 0.1) is 12.7 Å². The largest absolute Gasteiger partial charge is 0.494 e. The van der Waals surface area contributed by atoms with E-state index < -0.39 is 11.8 Å². The van der Waals surface area contributed by atoms with Crippen LogP contribution < -0.4 is 4.74 Å². The summed E-state index contributed by atoms with van der Waals surface area (Å²) < 4.78 is 23.5. The first-order valence-corrected chi connectivity index (χ1v) is 8.08. The Labute approximate surface area is 143 Å². The Morgan fingerprint density at radius 2 is 2.04 bits per heavy atom. The van der Waals surface area contributed by atoms with Crippen molar-refractivity contribution in [2.45, 2.75) is 13.5 Å². The van der Waals surface area contributed by atoms with Gasteiger partial charge in [-0.1, -0.05) is 6.07 Å². The second-order valence-corrected chi connectivity index (χ2v) is 6.14. The molecule has 24 heavy (non-hydrogen) atoms. The van der Waals surface area contributed by atoms with Crippen molar-refractivity contribution in [1.29, 1.82) is 0 Å². The number of esters is 1. The number of nitrogens with zero attached hydrogens (tertiary/aromatic N) is 1. The molecule has 1 amide bonds. The van der Waals surface area contributed by atoms with Crippen LogP contribution in [0.4, 0.5) is 4.39 Å². The normalized spacial score (nSPS) is 10.3. The van der Waals surface area contributed by atoms with Crippen molar-refractivity contribution < 1.29 is 23.5 Å². The number of methoxy groups -OCH3 is 1. The Morgan fingerprint density at radius 1 is 1.29 bits per heavy atom. The summed E-state index contributed by atoms with van der Waals surface area (Å²) in [4.78, 5) is 25.8. The number of aryl methyl sites for hydroxylation is 1. The average Bonchev–Trinajstić information content (AvgIpc) is 2.98. The molecule has 1 aromatic carbocycles. The molecule has 7 heteroatoms. The maximum Gasteiger partial charge on any atom is 0.349 e. The van der Waals surface area contributed by atoms with E-state index >= 15 is 0 Å². The van der Waals surface area contributed by atoms with Crippen molar-refractivity contribution in [3.8, 4) is 5.75 Å². The molecule has 0 unspecified atom stereocenters. The van der Waals surface area contributed by atoms with Crippen LogP contribution in [-0.4, -0.2) is 37.5 Å². The fourth-order valence-corrected chi connectivity index (χ4v) is 2.87. The molecule has 0 N–H and O–H groups in total. The first-order chi connectivity index (χ1) is 11.4. The summed E-state index contributed by atoms with van der Waals surface area (Å²) in [5.74, 6) is -1.23. The zero-order valence-corrected chi connectivity index (χ0v) is 14.5. The predicted molar refractivity (Wildman–Crippen MR) is 88.8 cm³/mol. The van der Waals surface area contributed by atoms with E-state index in [2.05, 4.69) is 0 Å². The Kier molecular flexibility index (Phi) is 5.92. The van der Waals surface area contributed by atoms with Crippen molar-refractivity contribution in [3.63, 3.8) is 0 Å². The van der Waals surface area contributed by atoms with Gasteiger partial charge in [0.2, 0.25) is 0 Å². The summed E-state index contributed by atoms with van der Waals surface area (Å²) in [7, 11) is 2.95. The van der Waals surface area contributed by atoms with Gasteiger partial charge in [0.05, 0.1) is 7.11 Å². The molecule has 0 radical (unpaired) electrons. The SMILES string of the molecule is COc1ccc(CN(C)C(=O)COC(=O)c2sccc2C)cc1F. The third-order valence-corrected chi connectivity index (χ3v) is 4.43. The monoisotopic (exact) mass is 351 g/mol. The highest BCUT2D eigenvalue weighted by Crippen LogP contribution is 2.19. The summed E-state index contributed by atoms with van der Waals surface area (Å²) in [5, 5.41) is 1.79. The third-order valence-electron chi connectivity index (χ3n) is 3.44. The van der Waals surface area contributed by atoms with Crippen LogP contribution in [0.5, 0.6) is 5.75 Å². The number of likely N-dealkylation sites (N-methyl/N-ethyl adjacent to an activating group) is 1. The molecule has 5 nitrogen and oxygen atoms in total. The van der Waals surface area contributed by atoms with E-state index in [9.17, 15) is 14.0 Å². The minimum atomic E-state index is -0.514. The first kappa shape index (κ1) is 17.9. The second kappa shape index (κ2) is 7.92. The molecular weight excluding hydrogens is 333 g/mol. The highest BCUT2D eigenvalue weighted by molar-refractivity contribution is 7.12.